The predicted octanol–water partition coefficient (Wildman–Crippen LogP) is 3.73. The van der Waals surface area contributed by atoms with Crippen LogP contribution in [0.15, 0.2) is 54.6 Å². The molecular formula is C17H20N2O2. The van der Waals surface area contributed by atoms with Crippen molar-refractivity contribution in [2.24, 2.45) is 5.92 Å². The van der Waals surface area contributed by atoms with E-state index in [0.717, 1.165) is 12.0 Å². The Hall–Kier alpha value is -2.20. The van der Waals surface area contributed by atoms with E-state index in [9.17, 15) is 10.1 Å². The summed E-state index contributed by atoms with van der Waals surface area (Å²) in [7, 11) is 1.95. The first-order chi connectivity index (χ1) is 10.1. The maximum Gasteiger partial charge on any atom is 0.269 e. The van der Waals surface area contributed by atoms with Gasteiger partial charge in [0.25, 0.3) is 5.69 Å². The summed E-state index contributed by atoms with van der Waals surface area (Å²) in [5, 5.41) is 14.2. The molecule has 0 bridgehead atoms. The zero-order chi connectivity index (χ0) is 15.2. The van der Waals surface area contributed by atoms with Gasteiger partial charge in [-0.25, -0.2) is 0 Å². The van der Waals surface area contributed by atoms with E-state index in [-0.39, 0.29) is 16.7 Å². The number of nitrogens with one attached hydrogen (secondary N) is 1. The molecule has 2 aromatic rings. The van der Waals surface area contributed by atoms with Crippen LogP contribution in [0.5, 0.6) is 0 Å². The Morgan fingerprint density at radius 3 is 2.48 bits per heavy atom. The summed E-state index contributed by atoms with van der Waals surface area (Å²) >= 11 is 0. The normalized spacial score (nSPS) is 13.6. The molecule has 0 aliphatic carbocycles. The zero-order valence-corrected chi connectivity index (χ0v) is 12.3. The minimum Gasteiger partial charge on any atom is -0.313 e. The van der Waals surface area contributed by atoms with E-state index >= 15 is 0 Å². The first-order valence-electron chi connectivity index (χ1n) is 7.07. The summed E-state index contributed by atoms with van der Waals surface area (Å²) in [5.41, 5.74) is 2.38. The van der Waals surface area contributed by atoms with Crippen molar-refractivity contribution in [1.29, 1.82) is 0 Å². The van der Waals surface area contributed by atoms with Gasteiger partial charge in [0, 0.05) is 18.2 Å². The Morgan fingerprint density at radius 1 is 1.14 bits per heavy atom. The minimum absolute atomic E-state index is 0.153. The molecule has 2 atom stereocenters. The smallest absolute Gasteiger partial charge is 0.269 e. The molecule has 0 fully saturated rings. The monoisotopic (exact) mass is 284 g/mol. The van der Waals surface area contributed by atoms with Gasteiger partial charge >= 0.3 is 0 Å². The van der Waals surface area contributed by atoms with Gasteiger partial charge in [-0.1, -0.05) is 49.4 Å². The molecule has 2 rings (SSSR count). The van der Waals surface area contributed by atoms with E-state index in [0.29, 0.717) is 5.92 Å². The van der Waals surface area contributed by atoms with Gasteiger partial charge in [-0.3, -0.25) is 10.1 Å². The lowest BCUT2D eigenvalue weighted by molar-refractivity contribution is -0.384. The van der Waals surface area contributed by atoms with Crippen molar-refractivity contribution in [2.75, 3.05) is 7.05 Å². The molecule has 0 aromatic heterocycles. The van der Waals surface area contributed by atoms with Crippen molar-refractivity contribution in [3.8, 4) is 0 Å². The van der Waals surface area contributed by atoms with Crippen LogP contribution in [-0.2, 0) is 6.42 Å². The molecule has 0 radical (unpaired) electrons. The highest BCUT2D eigenvalue weighted by atomic mass is 16.6. The Morgan fingerprint density at radius 2 is 1.86 bits per heavy atom. The van der Waals surface area contributed by atoms with E-state index in [4.69, 9.17) is 0 Å². The highest BCUT2D eigenvalue weighted by Crippen LogP contribution is 2.25. The van der Waals surface area contributed by atoms with Crippen molar-refractivity contribution < 1.29 is 4.92 Å². The number of nitro benzene ring substituents is 1. The molecular weight excluding hydrogens is 264 g/mol. The molecule has 110 valence electrons. The number of nitro groups is 1. The zero-order valence-electron chi connectivity index (χ0n) is 12.3. The SMILES string of the molecule is CNC(c1ccccc1)C(C)Cc1cccc([N+](=O)[O-])c1. The van der Waals surface area contributed by atoms with Gasteiger partial charge < -0.3 is 5.32 Å². The lowest BCUT2D eigenvalue weighted by Crippen LogP contribution is -2.24. The standard InChI is InChI=1S/C17H20N2O2/c1-13(17(18-2)15-8-4-3-5-9-15)11-14-7-6-10-16(12-14)19(20)21/h3-10,12-13,17-18H,11H2,1-2H3. The van der Waals surface area contributed by atoms with Crippen LogP contribution < -0.4 is 5.32 Å². The third kappa shape index (κ3) is 3.89. The third-order valence-corrected chi connectivity index (χ3v) is 3.72. The van der Waals surface area contributed by atoms with Crippen LogP contribution in [-0.4, -0.2) is 12.0 Å². The van der Waals surface area contributed by atoms with E-state index in [1.165, 1.54) is 11.6 Å². The highest BCUT2D eigenvalue weighted by molar-refractivity contribution is 5.34. The lowest BCUT2D eigenvalue weighted by atomic mass is 9.89. The van der Waals surface area contributed by atoms with Gasteiger partial charge in [-0.05, 0) is 30.5 Å². The second-order valence-corrected chi connectivity index (χ2v) is 5.29. The van der Waals surface area contributed by atoms with E-state index in [2.05, 4.69) is 24.4 Å². The lowest BCUT2D eigenvalue weighted by Gasteiger charge is -2.24. The molecule has 4 nitrogen and oxygen atoms in total. The minimum atomic E-state index is -0.346. The molecule has 1 N–H and O–H groups in total. The molecule has 0 amide bonds. The molecule has 0 saturated heterocycles. The average molecular weight is 284 g/mol. The largest absolute Gasteiger partial charge is 0.313 e. The number of nitrogens with zero attached hydrogens (tertiary/aromatic N) is 1. The number of non-ortho nitro benzene ring substituents is 1. The number of benzene rings is 2. The summed E-state index contributed by atoms with van der Waals surface area (Å²) in [6, 6.07) is 17.4. The highest BCUT2D eigenvalue weighted by Gasteiger charge is 2.18. The molecule has 21 heavy (non-hydrogen) atoms. The van der Waals surface area contributed by atoms with Crippen LogP contribution in [0.4, 0.5) is 5.69 Å². The number of hydrogen-bond acceptors (Lipinski definition) is 3. The van der Waals surface area contributed by atoms with Crippen LogP contribution in [0.25, 0.3) is 0 Å². The first-order valence-corrected chi connectivity index (χ1v) is 7.07. The van der Waals surface area contributed by atoms with Crippen molar-refractivity contribution in [1.82, 2.24) is 5.32 Å². The Labute approximate surface area is 125 Å². The van der Waals surface area contributed by atoms with Crippen LogP contribution in [0.1, 0.15) is 24.1 Å². The Balaban J connectivity index is 2.14. The van der Waals surface area contributed by atoms with Crippen LogP contribution >= 0.6 is 0 Å². The van der Waals surface area contributed by atoms with Crippen molar-refractivity contribution >= 4 is 5.69 Å². The first kappa shape index (κ1) is 15.2. The molecule has 0 heterocycles. The van der Waals surface area contributed by atoms with Gasteiger partial charge in [0.15, 0.2) is 0 Å². The summed E-state index contributed by atoms with van der Waals surface area (Å²) < 4.78 is 0. The summed E-state index contributed by atoms with van der Waals surface area (Å²) in [5.74, 6) is 0.333. The number of hydrogen-bond donors (Lipinski definition) is 1. The summed E-state index contributed by atoms with van der Waals surface area (Å²) in [6.45, 7) is 2.16. The Bertz CT molecular complexity index is 599. The molecule has 0 spiro atoms. The molecule has 0 aliphatic heterocycles. The molecule has 0 aliphatic rings. The van der Waals surface area contributed by atoms with Gasteiger partial charge in [0.05, 0.1) is 4.92 Å². The van der Waals surface area contributed by atoms with E-state index in [1.54, 1.807) is 12.1 Å². The van der Waals surface area contributed by atoms with Gasteiger partial charge in [-0.15, -0.1) is 0 Å². The third-order valence-electron chi connectivity index (χ3n) is 3.72. The molecule has 0 saturated carbocycles. The van der Waals surface area contributed by atoms with Crippen LogP contribution in [0.2, 0.25) is 0 Å². The van der Waals surface area contributed by atoms with E-state index in [1.807, 2.05) is 31.3 Å². The van der Waals surface area contributed by atoms with Gasteiger partial charge in [0.1, 0.15) is 0 Å². The number of rotatable bonds is 6. The van der Waals surface area contributed by atoms with Gasteiger partial charge in [-0.2, -0.15) is 0 Å². The van der Waals surface area contributed by atoms with Crippen LogP contribution in [0.3, 0.4) is 0 Å². The van der Waals surface area contributed by atoms with Crippen molar-refractivity contribution in [3.05, 3.63) is 75.8 Å². The maximum absolute atomic E-state index is 10.8. The van der Waals surface area contributed by atoms with Crippen molar-refractivity contribution in [3.63, 3.8) is 0 Å². The topological polar surface area (TPSA) is 55.2 Å². The molecule has 4 heteroatoms. The van der Waals surface area contributed by atoms with Crippen molar-refractivity contribution in [2.45, 2.75) is 19.4 Å². The predicted molar refractivity (Wildman–Crippen MR) is 84.2 cm³/mol. The second-order valence-electron chi connectivity index (χ2n) is 5.29. The van der Waals surface area contributed by atoms with Crippen LogP contribution in [0, 0.1) is 16.0 Å². The fourth-order valence-electron chi connectivity index (χ4n) is 2.73. The quantitative estimate of drug-likeness (QED) is 0.649. The fourth-order valence-corrected chi connectivity index (χ4v) is 2.73. The maximum atomic E-state index is 10.8. The molecule has 2 unspecified atom stereocenters. The molecule has 2 aromatic carbocycles. The summed E-state index contributed by atoms with van der Waals surface area (Å²) in [4.78, 5) is 10.5. The summed E-state index contributed by atoms with van der Waals surface area (Å²) in [6.07, 6.45) is 0.794. The van der Waals surface area contributed by atoms with Gasteiger partial charge in [0.2, 0.25) is 0 Å². The average Bonchev–Trinajstić information content (AvgIpc) is 2.49. The Kier molecular flexibility index (Phi) is 5.06. The fraction of sp³-hybridized carbons (Fsp3) is 0.294. The van der Waals surface area contributed by atoms with E-state index < -0.39 is 0 Å². The second kappa shape index (κ2) is 6.99.